The SMILES string of the molecule is CCNCC.O=C(O)c1ccccc1C(=O)c1ccccc1O. The Bertz CT molecular complexity index is 666. The predicted molar refractivity (Wildman–Crippen MR) is 89.2 cm³/mol. The molecule has 122 valence electrons. The zero-order valence-corrected chi connectivity index (χ0v) is 13.2. The van der Waals surface area contributed by atoms with Gasteiger partial charge in [0.1, 0.15) is 5.75 Å². The van der Waals surface area contributed by atoms with Crippen molar-refractivity contribution in [3.8, 4) is 5.75 Å². The van der Waals surface area contributed by atoms with Crippen LogP contribution in [0.15, 0.2) is 48.5 Å². The molecule has 5 nitrogen and oxygen atoms in total. The monoisotopic (exact) mass is 315 g/mol. The number of aromatic hydroxyl groups is 1. The molecule has 0 atom stereocenters. The molecule has 0 bridgehead atoms. The second kappa shape index (κ2) is 9.38. The predicted octanol–water partition coefficient (Wildman–Crippen LogP) is 2.94. The standard InChI is InChI=1S/C14H10O4.C4H11N/c15-12-8-4-3-7-11(12)13(16)9-5-1-2-6-10(9)14(17)18;1-3-5-4-2/h1-8,15H,(H,17,18);5H,3-4H2,1-2H3. The van der Waals surface area contributed by atoms with Gasteiger partial charge in [-0.3, -0.25) is 4.79 Å². The summed E-state index contributed by atoms with van der Waals surface area (Å²) in [6, 6.07) is 12.0. The molecular weight excluding hydrogens is 294 g/mol. The molecule has 5 heteroatoms. The highest BCUT2D eigenvalue weighted by Crippen LogP contribution is 2.21. The molecular formula is C18H21NO4. The van der Waals surface area contributed by atoms with Crippen molar-refractivity contribution in [2.45, 2.75) is 13.8 Å². The number of rotatable bonds is 5. The van der Waals surface area contributed by atoms with Gasteiger partial charge in [-0.1, -0.05) is 44.2 Å². The number of phenols is 1. The Morgan fingerprint density at radius 2 is 1.35 bits per heavy atom. The van der Waals surface area contributed by atoms with E-state index in [1.165, 1.54) is 24.3 Å². The third kappa shape index (κ3) is 5.23. The largest absolute Gasteiger partial charge is 0.507 e. The number of nitrogens with one attached hydrogen (secondary N) is 1. The van der Waals surface area contributed by atoms with Crippen molar-refractivity contribution < 1.29 is 19.8 Å². The van der Waals surface area contributed by atoms with Crippen LogP contribution in [0.1, 0.15) is 40.1 Å². The van der Waals surface area contributed by atoms with Gasteiger partial charge in [-0.25, -0.2) is 4.79 Å². The minimum atomic E-state index is -1.17. The van der Waals surface area contributed by atoms with E-state index in [1.807, 2.05) is 0 Å². The molecule has 0 aliphatic rings. The number of carbonyl (C=O) groups is 2. The van der Waals surface area contributed by atoms with E-state index in [0.29, 0.717) is 0 Å². The first kappa shape index (κ1) is 18.4. The maximum atomic E-state index is 12.2. The van der Waals surface area contributed by atoms with Crippen LogP contribution in [-0.2, 0) is 0 Å². The summed E-state index contributed by atoms with van der Waals surface area (Å²) in [7, 11) is 0. The molecule has 0 aliphatic heterocycles. The fourth-order valence-corrected chi connectivity index (χ4v) is 1.93. The number of ketones is 1. The number of para-hydroxylation sites is 1. The highest BCUT2D eigenvalue weighted by molar-refractivity contribution is 6.15. The van der Waals surface area contributed by atoms with E-state index in [0.717, 1.165) is 13.1 Å². The lowest BCUT2D eigenvalue weighted by Crippen LogP contribution is -2.09. The quantitative estimate of drug-likeness (QED) is 0.739. The molecule has 0 unspecified atom stereocenters. The minimum absolute atomic E-state index is 0.0616. The van der Waals surface area contributed by atoms with Gasteiger partial charge in [-0.05, 0) is 31.3 Å². The van der Waals surface area contributed by atoms with E-state index in [4.69, 9.17) is 5.11 Å². The second-order valence-corrected chi connectivity index (χ2v) is 4.65. The maximum absolute atomic E-state index is 12.2. The van der Waals surface area contributed by atoms with Crippen molar-refractivity contribution >= 4 is 11.8 Å². The van der Waals surface area contributed by atoms with Crippen molar-refractivity contribution in [1.82, 2.24) is 5.32 Å². The molecule has 0 saturated heterocycles. The molecule has 2 aromatic rings. The summed E-state index contributed by atoms with van der Waals surface area (Å²) < 4.78 is 0. The Morgan fingerprint density at radius 1 is 0.870 bits per heavy atom. The summed E-state index contributed by atoms with van der Waals surface area (Å²) in [6.45, 7) is 6.39. The lowest BCUT2D eigenvalue weighted by Gasteiger charge is -2.06. The van der Waals surface area contributed by atoms with Crippen molar-refractivity contribution in [2.24, 2.45) is 0 Å². The molecule has 0 aliphatic carbocycles. The molecule has 0 fully saturated rings. The summed E-state index contributed by atoms with van der Waals surface area (Å²) in [6.07, 6.45) is 0. The summed E-state index contributed by atoms with van der Waals surface area (Å²) >= 11 is 0. The molecule has 0 radical (unpaired) electrons. The van der Waals surface area contributed by atoms with E-state index >= 15 is 0 Å². The summed E-state index contributed by atoms with van der Waals surface area (Å²) in [5, 5.41) is 21.7. The Kier molecular flexibility index (Phi) is 7.50. The van der Waals surface area contributed by atoms with Crippen LogP contribution in [0.2, 0.25) is 0 Å². The lowest BCUT2D eigenvalue weighted by molar-refractivity contribution is 0.0692. The average molecular weight is 315 g/mol. The smallest absolute Gasteiger partial charge is 0.336 e. The number of benzene rings is 2. The zero-order valence-electron chi connectivity index (χ0n) is 13.2. The van der Waals surface area contributed by atoms with Gasteiger partial charge in [0, 0.05) is 5.56 Å². The van der Waals surface area contributed by atoms with Crippen LogP contribution >= 0.6 is 0 Å². The van der Waals surface area contributed by atoms with Gasteiger partial charge in [0.2, 0.25) is 0 Å². The van der Waals surface area contributed by atoms with Gasteiger partial charge in [-0.15, -0.1) is 0 Å². The van der Waals surface area contributed by atoms with Crippen molar-refractivity contribution in [2.75, 3.05) is 13.1 Å². The molecule has 23 heavy (non-hydrogen) atoms. The van der Waals surface area contributed by atoms with Gasteiger partial charge in [0.05, 0.1) is 11.1 Å². The van der Waals surface area contributed by atoms with Gasteiger partial charge >= 0.3 is 5.97 Å². The third-order valence-electron chi connectivity index (χ3n) is 3.05. The topological polar surface area (TPSA) is 86.6 Å². The van der Waals surface area contributed by atoms with E-state index in [9.17, 15) is 14.7 Å². The van der Waals surface area contributed by atoms with Gasteiger partial charge in [0.25, 0.3) is 0 Å². The molecule has 3 N–H and O–H groups in total. The van der Waals surface area contributed by atoms with Crippen molar-refractivity contribution in [3.05, 3.63) is 65.2 Å². The number of hydrogen-bond donors (Lipinski definition) is 3. The number of carboxylic acids is 1. The fraction of sp³-hybridized carbons (Fsp3) is 0.222. The first-order valence-corrected chi connectivity index (χ1v) is 7.38. The molecule has 0 aromatic heterocycles. The number of aromatic carboxylic acids is 1. The number of hydrogen-bond acceptors (Lipinski definition) is 4. The molecule has 2 rings (SSSR count). The minimum Gasteiger partial charge on any atom is -0.507 e. The number of carboxylic acid groups (broad SMARTS) is 1. The van der Waals surface area contributed by atoms with E-state index in [1.54, 1.807) is 24.3 Å². The van der Waals surface area contributed by atoms with Crippen LogP contribution in [0.25, 0.3) is 0 Å². The van der Waals surface area contributed by atoms with Crippen molar-refractivity contribution in [1.29, 1.82) is 0 Å². The summed E-state index contributed by atoms with van der Waals surface area (Å²) in [4.78, 5) is 23.2. The van der Waals surface area contributed by atoms with Crippen LogP contribution in [0.3, 0.4) is 0 Å². The first-order chi connectivity index (χ1) is 11.0. The van der Waals surface area contributed by atoms with Gasteiger partial charge in [-0.2, -0.15) is 0 Å². The third-order valence-corrected chi connectivity index (χ3v) is 3.05. The fourth-order valence-electron chi connectivity index (χ4n) is 1.93. The highest BCUT2D eigenvalue weighted by atomic mass is 16.4. The van der Waals surface area contributed by atoms with Crippen LogP contribution in [0.5, 0.6) is 5.75 Å². The van der Waals surface area contributed by atoms with Gasteiger partial charge < -0.3 is 15.5 Å². The van der Waals surface area contributed by atoms with Crippen LogP contribution in [0.4, 0.5) is 0 Å². The Morgan fingerprint density at radius 3 is 1.78 bits per heavy atom. The van der Waals surface area contributed by atoms with E-state index in [2.05, 4.69) is 19.2 Å². The highest BCUT2D eigenvalue weighted by Gasteiger charge is 2.19. The Balaban J connectivity index is 0.000000463. The first-order valence-electron chi connectivity index (χ1n) is 7.38. The lowest BCUT2D eigenvalue weighted by atomic mass is 9.98. The maximum Gasteiger partial charge on any atom is 0.336 e. The molecule has 2 aromatic carbocycles. The molecule has 0 amide bonds. The molecule has 0 heterocycles. The van der Waals surface area contributed by atoms with Gasteiger partial charge in [0.15, 0.2) is 5.78 Å². The van der Waals surface area contributed by atoms with E-state index < -0.39 is 11.8 Å². The Hall–Kier alpha value is -2.66. The Labute approximate surface area is 135 Å². The van der Waals surface area contributed by atoms with E-state index in [-0.39, 0.29) is 22.4 Å². The zero-order chi connectivity index (χ0) is 17.2. The summed E-state index contributed by atoms with van der Waals surface area (Å²) in [5.74, 6) is -1.84. The number of carbonyl (C=O) groups excluding carboxylic acids is 1. The average Bonchev–Trinajstić information content (AvgIpc) is 2.56. The van der Waals surface area contributed by atoms with Crippen molar-refractivity contribution in [3.63, 3.8) is 0 Å². The molecule has 0 saturated carbocycles. The van der Waals surface area contributed by atoms with Crippen LogP contribution in [-0.4, -0.2) is 35.1 Å². The summed E-state index contributed by atoms with van der Waals surface area (Å²) in [5.41, 5.74) is 0.0726. The number of phenolic OH excluding ortho intramolecular Hbond substituents is 1. The normalized spacial score (nSPS) is 9.65. The molecule has 0 spiro atoms. The second-order valence-electron chi connectivity index (χ2n) is 4.65. The van der Waals surface area contributed by atoms with Crippen LogP contribution in [0, 0.1) is 0 Å². The van der Waals surface area contributed by atoms with Crippen LogP contribution < -0.4 is 5.32 Å².